The summed E-state index contributed by atoms with van der Waals surface area (Å²) in [6.07, 6.45) is 0. The highest BCUT2D eigenvalue weighted by Gasteiger charge is 2.31. The summed E-state index contributed by atoms with van der Waals surface area (Å²) in [5, 5.41) is 2.37. The molecule has 0 amide bonds. The van der Waals surface area contributed by atoms with Crippen LogP contribution in [0, 0.1) is 0 Å². The van der Waals surface area contributed by atoms with E-state index in [2.05, 4.69) is 82.5 Å². The maximum atomic E-state index is 13.3. The normalized spacial score (nSPS) is 14.9. The number of aromatic nitrogens is 1. The lowest BCUT2D eigenvalue weighted by Gasteiger charge is -2.21. The first kappa shape index (κ1) is 23.8. The molecule has 188 valence electrons. The SMILES string of the molecule is CC(C)(C)c1ccc2c(c1)c1cc(C(C)(C)C)ccc1n2-c1ccc2c(c1)Oc1ccccc1S2(=O)=O. The van der Waals surface area contributed by atoms with E-state index in [-0.39, 0.29) is 20.6 Å². The maximum absolute atomic E-state index is 13.3. The third kappa shape index (κ3) is 3.67. The zero-order chi connectivity index (χ0) is 26.3. The van der Waals surface area contributed by atoms with Crippen molar-refractivity contribution in [2.24, 2.45) is 0 Å². The Morgan fingerprint density at radius 3 is 1.73 bits per heavy atom. The molecule has 0 saturated carbocycles. The third-order valence-corrected chi connectivity index (χ3v) is 9.16. The second-order valence-electron chi connectivity index (χ2n) is 12.0. The lowest BCUT2D eigenvalue weighted by atomic mass is 9.85. The van der Waals surface area contributed by atoms with Crippen molar-refractivity contribution in [3.05, 3.63) is 90.0 Å². The molecule has 4 nitrogen and oxygen atoms in total. The van der Waals surface area contributed by atoms with E-state index >= 15 is 0 Å². The van der Waals surface area contributed by atoms with E-state index in [4.69, 9.17) is 4.74 Å². The predicted molar refractivity (Wildman–Crippen MR) is 150 cm³/mol. The van der Waals surface area contributed by atoms with E-state index in [0.717, 1.165) is 16.7 Å². The molecule has 2 heterocycles. The minimum Gasteiger partial charge on any atom is -0.455 e. The second-order valence-corrected chi connectivity index (χ2v) is 13.9. The van der Waals surface area contributed by atoms with Crippen molar-refractivity contribution in [1.29, 1.82) is 0 Å². The summed E-state index contributed by atoms with van der Waals surface area (Å²) in [5.41, 5.74) is 5.60. The molecule has 1 aromatic heterocycles. The van der Waals surface area contributed by atoms with Gasteiger partial charge in [-0.05, 0) is 70.5 Å². The molecule has 0 spiro atoms. The minimum atomic E-state index is -3.65. The minimum absolute atomic E-state index is 0.0195. The molecule has 0 fully saturated rings. The standard InChI is InChI=1S/C32H31NO3S/c1-31(2,3)20-11-14-25-23(17-20)24-18-21(32(4,5)6)12-15-26(24)33(25)22-13-16-30-28(19-22)36-27-9-7-8-10-29(27)37(30,34)35/h7-19H,1-6H3. The van der Waals surface area contributed by atoms with Crippen LogP contribution < -0.4 is 4.74 Å². The van der Waals surface area contributed by atoms with Gasteiger partial charge in [-0.1, -0.05) is 65.8 Å². The Labute approximate surface area is 218 Å². The van der Waals surface area contributed by atoms with E-state index in [1.165, 1.54) is 21.9 Å². The van der Waals surface area contributed by atoms with Crippen molar-refractivity contribution < 1.29 is 13.2 Å². The molecule has 6 rings (SSSR count). The molecule has 5 heteroatoms. The largest absolute Gasteiger partial charge is 0.455 e. The van der Waals surface area contributed by atoms with Crippen LogP contribution in [0.15, 0.2) is 88.7 Å². The number of sulfone groups is 1. The number of ether oxygens (including phenoxy) is 1. The van der Waals surface area contributed by atoms with Crippen molar-refractivity contribution >= 4 is 31.6 Å². The third-order valence-electron chi connectivity index (χ3n) is 7.33. The number of benzene rings is 4. The first-order valence-corrected chi connectivity index (χ1v) is 14.1. The average molecular weight is 510 g/mol. The fourth-order valence-corrected chi connectivity index (χ4v) is 6.65. The number of hydrogen-bond acceptors (Lipinski definition) is 3. The van der Waals surface area contributed by atoms with Gasteiger partial charge in [0, 0.05) is 22.5 Å². The van der Waals surface area contributed by atoms with Crippen LogP contribution in [-0.4, -0.2) is 13.0 Å². The molecule has 1 aliphatic rings. The fourth-order valence-electron chi connectivity index (χ4n) is 5.17. The van der Waals surface area contributed by atoms with Crippen LogP contribution in [-0.2, 0) is 20.7 Å². The Bertz CT molecular complexity index is 1760. The van der Waals surface area contributed by atoms with Crippen LogP contribution >= 0.6 is 0 Å². The molecule has 0 saturated heterocycles. The molecule has 37 heavy (non-hydrogen) atoms. The van der Waals surface area contributed by atoms with Crippen molar-refractivity contribution in [3.8, 4) is 17.2 Å². The van der Waals surface area contributed by atoms with Gasteiger partial charge in [-0.2, -0.15) is 0 Å². The summed E-state index contributed by atoms with van der Waals surface area (Å²) >= 11 is 0. The van der Waals surface area contributed by atoms with Crippen LogP contribution in [0.3, 0.4) is 0 Å². The Morgan fingerprint density at radius 2 is 1.16 bits per heavy atom. The van der Waals surface area contributed by atoms with Gasteiger partial charge in [0.1, 0.15) is 21.3 Å². The van der Waals surface area contributed by atoms with Crippen LogP contribution in [0.5, 0.6) is 11.5 Å². The van der Waals surface area contributed by atoms with Gasteiger partial charge in [0.05, 0.1) is 11.0 Å². The van der Waals surface area contributed by atoms with Crippen molar-refractivity contribution in [2.45, 2.75) is 62.2 Å². The van der Waals surface area contributed by atoms with Crippen LogP contribution in [0.25, 0.3) is 27.5 Å². The highest BCUT2D eigenvalue weighted by atomic mass is 32.2. The number of nitrogens with zero attached hydrogens (tertiary/aromatic N) is 1. The quantitative estimate of drug-likeness (QED) is 0.224. The van der Waals surface area contributed by atoms with E-state index in [1.54, 1.807) is 30.3 Å². The smallest absolute Gasteiger partial charge is 0.213 e. The van der Waals surface area contributed by atoms with Gasteiger partial charge >= 0.3 is 0 Å². The molecular weight excluding hydrogens is 478 g/mol. The zero-order valence-electron chi connectivity index (χ0n) is 22.1. The van der Waals surface area contributed by atoms with Crippen LogP contribution in [0.4, 0.5) is 0 Å². The van der Waals surface area contributed by atoms with E-state index in [9.17, 15) is 8.42 Å². The van der Waals surface area contributed by atoms with Crippen molar-refractivity contribution in [3.63, 3.8) is 0 Å². The van der Waals surface area contributed by atoms with Crippen LogP contribution in [0.1, 0.15) is 52.7 Å². The molecule has 1 aliphatic heterocycles. The lowest BCUT2D eigenvalue weighted by molar-refractivity contribution is 0.443. The number of fused-ring (bicyclic) bond motifs is 5. The Kier molecular flexibility index (Phi) is 4.97. The summed E-state index contributed by atoms with van der Waals surface area (Å²) in [6.45, 7) is 13.4. The first-order valence-electron chi connectivity index (χ1n) is 12.6. The lowest BCUT2D eigenvalue weighted by Crippen LogP contribution is -2.11. The first-order chi connectivity index (χ1) is 17.4. The van der Waals surface area contributed by atoms with Crippen molar-refractivity contribution in [2.75, 3.05) is 0 Å². The maximum Gasteiger partial charge on any atom is 0.213 e. The number of rotatable bonds is 1. The predicted octanol–water partition coefficient (Wildman–Crippen LogP) is 8.32. The summed E-state index contributed by atoms with van der Waals surface area (Å²) < 4.78 is 34.9. The van der Waals surface area contributed by atoms with Crippen molar-refractivity contribution in [1.82, 2.24) is 4.57 Å². The topological polar surface area (TPSA) is 48.3 Å². The monoisotopic (exact) mass is 509 g/mol. The Hall–Kier alpha value is -3.57. The summed E-state index contributed by atoms with van der Waals surface area (Å²) in [5.74, 6) is 0.711. The molecular formula is C32H31NO3S. The molecule has 0 unspecified atom stereocenters. The summed E-state index contributed by atoms with van der Waals surface area (Å²) in [4.78, 5) is 0.400. The van der Waals surface area contributed by atoms with Gasteiger partial charge in [-0.15, -0.1) is 0 Å². The van der Waals surface area contributed by atoms with Gasteiger partial charge < -0.3 is 9.30 Å². The molecule has 0 aliphatic carbocycles. The highest BCUT2D eigenvalue weighted by Crippen LogP contribution is 2.44. The average Bonchev–Trinajstić information content (AvgIpc) is 3.16. The van der Waals surface area contributed by atoms with Crippen LogP contribution in [0.2, 0.25) is 0 Å². The fraction of sp³-hybridized carbons (Fsp3) is 0.250. The summed E-state index contributed by atoms with van der Waals surface area (Å²) in [7, 11) is -3.65. The zero-order valence-corrected chi connectivity index (χ0v) is 22.9. The van der Waals surface area contributed by atoms with E-state index in [0.29, 0.717) is 11.5 Å². The molecule has 0 N–H and O–H groups in total. The molecule has 4 aromatic carbocycles. The second kappa shape index (κ2) is 7.72. The molecule has 0 atom stereocenters. The number of para-hydroxylation sites is 1. The Morgan fingerprint density at radius 1 is 0.622 bits per heavy atom. The highest BCUT2D eigenvalue weighted by molar-refractivity contribution is 7.91. The molecule has 0 radical (unpaired) electrons. The summed E-state index contributed by atoms with van der Waals surface area (Å²) in [6, 6.07) is 25.5. The van der Waals surface area contributed by atoms with E-state index < -0.39 is 9.84 Å². The van der Waals surface area contributed by atoms with Gasteiger partial charge in [0.2, 0.25) is 9.84 Å². The Balaban J connectivity index is 1.63. The van der Waals surface area contributed by atoms with Gasteiger partial charge in [-0.25, -0.2) is 8.42 Å². The van der Waals surface area contributed by atoms with Gasteiger partial charge in [0.25, 0.3) is 0 Å². The van der Waals surface area contributed by atoms with Gasteiger partial charge in [0.15, 0.2) is 0 Å². The number of hydrogen-bond donors (Lipinski definition) is 0. The van der Waals surface area contributed by atoms with E-state index in [1.807, 2.05) is 12.1 Å². The van der Waals surface area contributed by atoms with Gasteiger partial charge in [-0.3, -0.25) is 0 Å². The molecule has 5 aromatic rings. The molecule has 0 bridgehead atoms.